The lowest BCUT2D eigenvalue weighted by Crippen LogP contribution is -1.80. The quantitative estimate of drug-likeness (QED) is 0.630. The van der Waals surface area contributed by atoms with Crippen LogP contribution in [0.1, 0.15) is 22.3 Å². The summed E-state index contributed by atoms with van der Waals surface area (Å²) in [5.41, 5.74) is 3.62. The Bertz CT molecular complexity index is 817. The van der Waals surface area contributed by atoms with Gasteiger partial charge in [0.2, 0.25) is 0 Å². The Balaban J connectivity index is 1.89. The number of hydrogen-bond donors (Lipinski definition) is 2. The van der Waals surface area contributed by atoms with E-state index < -0.39 is 0 Å². The van der Waals surface area contributed by atoms with Crippen LogP contribution in [0.15, 0.2) is 72.8 Å². The van der Waals surface area contributed by atoms with Crippen LogP contribution >= 0.6 is 0 Å². The van der Waals surface area contributed by atoms with Gasteiger partial charge in [0.05, 0.1) is 0 Å². The first-order valence-corrected chi connectivity index (χ1v) is 7.75. The van der Waals surface area contributed by atoms with Crippen LogP contribution in [0, 0.1) is 0 Å². The van der Waals surface area contributed by atoms with E-state index in [2.05, 4.69) is 0 Å². The van der Waals surface area contributed by atoms with Crippen LogP contribution in [0.5, 0.6) is 11.5 Å². The fraction of sp³-hybridized carbons (Fsp3) is 0. The van der Waals surface area contributed by atoms with Gasteiger partial charge in [0, 0.05) is 11.1 Å². The van der Waals surface area contributed by atoms with Crippen LogP contribution in [0.4, 0.5) is 0 Å². The second kappa shape index (κ2) is 7.34. The van der Waals surface area contributed by atoms with Crippen molar-refractivity contribution in [1.29, 1.82) is 0 Å². The predicted molar refractivity (Wildman–Crippen MR) is 101 cm³/mol. The molecule has 3 aromatic carbocycles. The summed E-state index contributed by atoms with van der Waals surface area (Å²) in [5.74, 6) is 0.520. The van der Waals surface area contributed by atoms with Gasteiger partial charge in [-0.05, 0) is 23.3 Å². The SMILES string of the molecule is Oc1ccccc1/C=C/c1ccccc1/C=C/c1ccccc1O. The van der Waals surface area contributed by atoms with Crippen LogP contribution in [0.2, 0.25) is 0 Å². The van der Waals surface area contributed by atoms with Crippen molar-refractivity contribution in [2.24, 2.45) is 0 Å². The molecule has 0 heterocycles. The minimum absolute atomic E-state index is 0.260. The molecule has 0 aliphatic carbocycles. The van der Waals surface area contributed by atoms with Gasteiger partial charge in [0.15, 0.2) is 0 Å². The lowest BCUT2D eigenvalue weighted by Gasteiger charge is -2.02. The average Bonchev–Trinajstić information content (AvgIpc) is 2.61. The molecule has 0 aliphatic rings. The van der Waals surface area contributed by atoms with Gasteiger partial charge in [-0.15, -0.1) is 0 Å². The van der Waals surface area contributed by atoms with E-state index in [0.717, 1.165) is 22.3 Å². The highest BCUT2D eigenvalue weighted by atomic mass is 16.3. The molecule has 118 valence electrons. The molecule has 0 radical (unpaired) electrons. The maximum Gasteiger partial charge on any atom is 0.122 e. The molecule has 2 heteroatoms. The zero-order valence-electron chi connectivity index (χ0n) is 13.1. The Morgan fingerprint density at radius 1 is 0.417 bits per heavy atom. The van der Waals surface area contributed by atoms with Gasteiger partial charge in [0.1, 0.15) is 11.5 Å². The molecule has 2 N–H and O–H groups in total. The maximum atomic E-state index is 9.85. The van der Waals surface area contributed by atoms with Crippen molar-refractivity contribution < 1.29 is 10.2 Å². The van der Waals surface area contributed by atoms with Gasteiger partial charge in [-0.2, -0.15) is 0 Å². The lowest BCUT2D eigenvalue weighted by molar-refractivity contribution is 0.473. The molecule has 2 nitrogen and oxygen atoms in total. The first kappa shape index (κ1) is 15.6. The number of aromatic hydroxyl groups is 2. The number of para-hydroxylation sites is 2. The van der Waals surface area contributed by atoms with E-state index in [9.17, 15) is 10.2 Å². The van der Waals surface area contributed by atoms with Crippen LogP contribution in [0.25, 0.3) is 24.3 Å². The Hall–Kier alpha value is -3.26. The summed E-state index contributed by atoms with van der Waals surface area (Å²) in [4.78, 5) is 0. The number of benzene rings is 3. The van der Waals surface area contributed by atoms with E-state index in [0.29, 0.717) is 0 Å². The van der Waals surface area contributed by atoms with E-state index in [1.165, 1.54) is 0 Å². The predicted octanol–water partition coefficient (Wildman–Crippen LogP) is 5.44. The Morgan fingerprint density at radius 2 is 0.708 bits per heavy atom. The average molecular weight is 314 g/mol. The van der Waals surface area contributed by atoms with Crippen molar-refractivity contribution in [3.63, 3.8) is 0 Å². The Morgan fingerprint density at radius 3 is 1.08 bits per heavy atom. The fourth-order valence-electron chi connectivity index (χ4n) is 2.43. The summed E-state index contributed by atoms with van der Waals surface area (Å²) in [5, 5.41) is 19.7. The van der Waals surface area contributed by atoms with Crippen LogP contribution in [-0.2, 0) is 0 Å². The summed E-state index contributed by atoms with van der Waals surface area (Å²) >= 11 is 0. The molecule has 0 saturated carbocycles. The molecule has 0 atom stereocenters. The van der Waals surface area contributed by atoms with E-state index in [-0.39, 0.29) is 11.5 Å². The summed E-state index contributed by atoms with van der Waals surface area (Å²) in [7, 11) is 0. The topological polar surface area (TPSA) is 40.5 Å². The van der Waals surface area contributed by atoms with E-state index >= 15 is 0 Å². The molecule has 24 heavy (non-hydrogen) atoms. The third-order valence-corrected chi connectivity index (χ3v) is 3.75. The summed E-state index contributed by atoms with van der Waals surface area (Å²) in [6.07, 6.45) is 7.73. The number of phenolic OH excluding ortho intramolecular Hbond substituents is 2. The largest absolute Gasteiger partial charge is 0.507 e. The molecule has 0 aliphatic heterocycles. The smallest absolute Gasteiger partial charge is 0.122 e. The molecule has 0 amide bonds. The summed E-state index contributed by atoms with van der Waals surface area (Å²) in [6, 6.07) is 22.4. The minimum atomic E-state index is 0.260. The second-order valence-electron chi connectivity index (χ2n) is 5.41. The highest BCUT2D eigenvalue weighted by Gasteiger charge is 1.99. The first-order valence-electron chi connectivity index (χ1n) is 7.75. The van der Waals surface area contributed by atoms with Gasteiger partial charge >= 0.3 is 0 Å². The third-order valence-electron chi connectivity index (χ3n) is 3.75. The van der Waals surface area contributed by atoms with Crippen molar-refractivity contribution in [2.45, 2.75) is 0 Å². The van der Waals surface area contributed by atoms with Crippen molar-refractivity contribution in [2.75, 3.05) is 0 Å². The fourth-order valence-corrected chi connectivity index (χ4v) is 2.43. The van der Waals surface area contributed by atoms with Crippen LogP contribution in [-0.4, -0.2) is 10.2 Å². The Kier molecular flexibility index (Phi) is 4.78. The van der Waals surface area contributed by atoms with Gasteiger partial charge in [0.25, 0.3) is 0 Å². The normalized spacial score (nSPS) is 11.3. The van der Waals surface area contributed by atoms with Crippen molar-refractivity contribution in [3.8, 4) is 11.5 Å². The molecule has 3 rings (SSSR count). The molecular formula is C22H18O2. The molecule has 0 spiro atoms. The van der Waals surface area contributed by atoms with Gasteiger partial charge in [-0.1, -0.05) is 85.0 Å². The molecule has 0 fully saturated rings. The zero-order valence-corrected chi connectivity index (χ0v) is 13.1. The van der Waals surface area contributed by atoms with Crippen molar-refractivity contribution >= 4 is 24.3 Å². The molecule has 0 bridgehead atoms. The van der Waals surface area contributed by atoms with E-state index in [1.807, 2.05) is 72.8 Å². The second-order valence-corrected chi connectivity index (χ2v) is 5.41. The van der Waals surface area contributed by atoms with Crippen LogP contribution in [0.3, 0.4) is 0 Å². The number of rotatable bonds is 4. The van der Waals surface area contributed by atoms with E-state index in [4.69, 9.17) is 0 Å². The molecule has 0 unspecified atom stereocenters. The lowest BCUT2D eigenvalue weighted by atomic mass is 10.0. The molecule has 0 aromatic heterocycles. The Labute approximate surface area is 141 Å². The highest BCUT2D eigenvalue weighted by Crippen LogP contribution is 2.22. The monoisotopic (exact) mass is 314 g/mol. The maximum absolute atomic E-state index is 9.85. The number of phenols is 2. The molecule has 3 aromatic rings. The van der Waals surface area contributed by atoms with Gasteiger partial charge in [-0.3, -0.25) is 0 Å². The van der Waals surface area contributed by atoms with E-state index in [1.54, 1.807) is 24.3 Å². The number of hydrogen-bond acceptors (Lipinski definition) is 2. The first-order chi connectivity index (χ1) is 11.7. The highest BCUT2D eigenvalue weighted by molar-refractivity contribution is 5.81. The molecule has 0 saturated heterocycles. The minimum Gasteiger partial charge on any atom is -0.507 e. The summed E-state index contributed by atoms with van der Waals surface area (Å²) < 4.78 is 0. The van der Waals surface area contributed by atoms with Crippen molar-refractivity contribution in [1.82, 2.24) is 0 Å². The summed E-state index contributed by atoms with van der Waals surface area (Å²) in [6.45, 7) is 0. The van der Waals surface area contributed by atoms with Crippen LogP contribution < -0.4 is 0 Å². The van der Waals surface area contributed by atoms with Gasteiger partial charge in [-0.25, -0.2) is 0 Å². The van der Waals surface area contributed by atoms with Gasteiger partial charge < -0.3 is 10.2 Å². The third kappa shape index (κ3) is 3.73. The molecular weight excluding hydrogens is 296 g/mol. The standard InChI is InChI=1S/C22H18O2/c23-21-11-5-3-9-19(21)15-13-17-7-1-2-8-18(17)14-16-20-10-4-6-12-22(20)24/h1-16,23-24H/b15-13+,16-14+. The zero-order chi connectivity index (χ0) is 16.8. The van der Waals surface area contributed by atoms with Crippen molar-refractivity contribution in [3.05, 3.63) is 95.1 Å².